The smallest absolute Gasteiger partial charge is 0.416 e. The molecule has 0 heterocycles. The summed E-state index contributed by atoms with van der Waals surface area (Å²) >= 11 is 5.90. The standard InChI is InChI=1S/C17H14ClF3O4S/c18-15(10-12-4-2-1-3-5-12)26(23,24)11-16(22)25-14-8-6-13(7-9-14)17(19,20)21/h1-9,15H,10-11H2. The summed E-state index contributed by atoms with van der Waals surface area (Å²) in [6.45, 7) is 0. The summed E-state index contributed by atoms with van der Waals surface area (Å²) < 4.78 is 65.1. The zero-order chi connectivity index (χ0) is 19.4. The van der Waals surface area contributed by atoms with Crippen LogP contribution in [0.5, 0.6) is 5.75 Å². The summed E-state index contributed by atoms with van der Waals surface area (Å²) in [7, 11) is -4.00. The fourth-order valence-electron chi connectivity index (χ4n) is 2.05. The molecule has 0 aliphatic rings. The number of alkyl halides is 4. The van der Waals surface area contributed by atoms with Crippen molar-refractivity contribution in [3.63, 3.8) is 0 Å². The van der Waals surface area contributed by atoms with Crippen LogP contribution < -0.4 is 4.74 Å². The van der Waals surface area contributed by atoms with Crippen LogP contribution in [-0.4, -0.2) is 24.8 Å². The van der Waals surface area contributed by atoms with Crippen molar-refractivity contribution in [1.29, 1.82) is 0 Å². The number of hydrogen-bond acceptors (Lipinski definition) is 4. The molecular weight excluding hydrogens is 393 g/mol. The van der Waals surface area contributed by atoms with E-state index in [1.807, 2.05) is 0 Å². The van der Waals surface area contributed by atoms with Gasteiger partial charge in [-0.2, -0.15) is 13.2 Å². The number of esters is 1. The molecule has 0 bridgehead atoms. The Labute approximate surface area is 153 Å². The van der Waals surface area contributed by atoms with Gasteiger partial charge < -0.3 is 4.74 Å². The minimum absolute atomic E-state index is 0.0122. The van der Waals surface area contributed by atoms with Crippen LogP contribution in [0.25, 0.3) is 0 Å². The van der Waals surface area contributed by atoms with Crippen molar-refractivity contribution in [2.24, 2.45) is 0 Å². The normalized spacial score (nSPS) is 13.2. The molecule has 0 fully saturated rings. The Kier molecular flexibility index (Phi) is 6.30. The van der Waals surface area contributed by atoms with Crippen molar-refractivity contribution in [2.45, 2.75) is 17.3 Å². The van der Waals surface area contributed by atoms with Crippen LogP contribution in [0.3, 0.4) is 0 Å². The third-order valence-electron chi connectivity index (χ3n) is 3.36. The predicted octanol–water partition coefficient (Wildman–Crippen LogP) is 3.83. The molecule has 2 aromatic rings. The van der Waals surface area contributed by atoms with E-state index < -0.39 is 38.0 Å². The molecule has 0 aliphatic carbocycles. The highest BCUT2D eigenvalue weighted by Gasteiger charge is 2.30. The quantitative estimate of drug-likeness (QED) is 0.415. The number of sulfone groups is 1. The van der Waals surface area contributed by atoms with Crippen molar-refractivity contribution in [3.8, 4) is 5.75 Å². The summed E-state index contributed by atoms with van der Waals surface area (Å²) in [5.74, 6) is -2.29. The van der Waals surface area contributed by atoms with E-state index in [1.165, 1.54) is 0 Å². The highest BCUT2D eigenvalue weighted by atomic mass is 35.5. The minimum atomic E-state index is -4.52. The van der Waals surface area contributed by atoms with Gasteiger partial charge in [-0.05, 0) is 29.8 Å². The monoisotopic (exact) mass is 406 g/mol. The van der Waals surface area contributed by atoms with E-state index in [9.17, 15) is 26.4 Å². The van der Waals surface area contributed by atoms with Crippen LogP contribution in [0.15, 0.2) is 54.6 Å². The second kappa shape index (κ2) is 8.09. The molecule has 1 unspecified atom stereocenters. The Morgan fingerprint density at radius 1 is 1.04 bits per heavy atom. The molecule has 26 heavy (non-hydrogen) atoms. The number of carbonyl (C=O) groups excluding carboxylic acids is 1. The lowest BCUT2D eigenvalue weighted by atomic mass is 10.2. The zero-order valence-corrected chi connectivity index (χ0v) is 14.8. The lowest BCUT2D eigenvalue weighted by Gasteiger charge is -2.11. The van der Waals surface area contributed by atoms with E-state index in [0.29, 0.717) is 5.56 Å². The van der Waals surface area contributed by atoms with Crippen LogP contribution in [0.1, 0.15) is 11.1 Å². The molecule has 2 rings (SSSR count). The fraction of sp³-hybridized carbons (Fsp3) is 0.235. The van der Waals surface area contributed by atoms with Gasteiger partial charge in [-0.3, -0.25) is 4.79 Å². The number of halogens is 4. The summed E-state index contributed by atoms with van der Waals surface area (Å²) in [6, 6.07) is 12.0. The van der Waals surface area contributed by atoms with Gasteiger partial charge in [-0.15, -0.1) is 11.6 Å². The minimum Gasteiger partial charge on any atom is -0.426 e. The number of carbonyl (C=O) groups is 1. The number of rotatable bonds is 6. The summed E-state index contributed by atoms with van der Waals surface area (Å²) in [5, 5.41) is 0. The van der Waals surface area contributed by atoms with E-state index in [4.69, 9.17) is 16.3 Å². The Morgan fingerprint density at radius 2 is 1.62 bits per heavy atom. The maximum Gasteiger partial charge on any atom is 0.416 e. The molecule has 0 amide bonds. The lowest BCUT2D eigenvalue weighted by Crippen LogP contribution is -2.28. The van der Waals surface area contributed by atoms with Gasteiger partial charge in [-0.25, -0.2) is 8.42 Å². The molecule has 0 aliphatic heterocycles. The average Bonchev–Trinajstić information content (AvgIpc) is 2.54. The third-order valence-corrected chi connectivity index (χ3v) is 5.91. The molecule has 0 spiro atoms. The van der Waals surface area contributed by atoms with E-state index >= 15 is 0 Å². The van der Waals surface area contributed by atoms with Gasteiger partial charge in [0.1, 0.15) is 16.2 Å². The number of hydrogen-bond donors (Lipinski definition) is 0. The first-order valence-corrected chi connectivity index (χ1v) is 9.50. The first kappa shape index (κ1) is 20.3. The molecule has 2 aromatic carbocycles. The summed E-state index contributed by atoms with van der Waals surface area (Å²) in [6.07, 6.45) is -4.51. The van der Waals surface area contributed by atoms with Crippen molar-refractivity contribution in [2.75, 3.05) is 5.75 Å². The second-order valence-electron chi connectivity index (χ2n) is 5.40. The predicted molar refractivity (Wildman–Crippen MR) is 90.7 cm³/mol. The molecular formula is C17H14ClF3O4S. The summed E-state index contributed by atoms with van der Waals surface area (Å²) in [4.78, 5) is 11.8. The van der Waals surface area contributed by atoms with Gasteiger partial charge in [0.25, 0.3) is 0 Å². The Bertz CT molecular complexity index is 850. The highest BCUT2D eigenvalue weighted by Crippen LogP contribution is 2.30. The van der Waals surface area contributed by atoms with Crippen LogP contribution in [0.2, 0.25) is 0 Å². The molecule has 0 N–H and O–H groups in total. The maximum absolute atomic E-state index is 12.5. The molecule has 1 atom stereocenters. The van der Waals surface area contributed by atoms with Gasteiger partial charge in [-0.1, -0.05) is 30.3 Å². The molecule has 0 radical (unpaired) electrons. The van der Waals surface area contributed by atoms with Crippen molar-refractivity contribution in [1.82, 2.24) is 0 Å². The molecule has 0 aromatic heterocycles. The lowest BCUT2D eigenvalue weighted by molar-refractivity contribution is -0.137. The topological polar surface area (TPSA) is 60.4 Å². The van der Waals surface area contributed by atoms with Crippen LogP contribution in [0, 0.1) is 0 Å². The van der Waals surface area contributed by atoms with Crippen LogP contribution in [-0.2, 0) is 27.2 Å². The van der Waals surface area contributed by atoms with E-state index in [2.05, 4.69) is 0 Å². The van der Waals surface area contributed by atoms with Gasteiger partial charge >= 0.3 is 12.1 Å². The Balaban J connectivity index is 1.97. The molecule has 4 nitrogen and oxygen atoms in total. The van der Waals surface area contributed by atoms with E-state index in [1.54, 1.807) is 30.3 Å². The van der Waals surface area contributed by atoms with Crippen LogP contribution >= 0.6 is 11.6 Å². The Hall–Kier alpha value is -2.06. The SMILES string of the molecule is O=C(CS(=O)(=O)C(Cl)Cc1ccccc1)Oc1ccc(C(F)(F)F)cc1. The largest absolute Gasteiger partial charge is 0.426 e. The molecule has 0 saturated heterocycles. The van der Waals surface area contributed by atoms with Gasteiger partial charge in [0.2, 0.25) is 0 Å². The van der Waals surface area contributed by atoms with E-state index in [0.717, 1.165) is 24.3 Å². The number of ether oxygens (including phenoxy) is 1. The molecule has 0 saturated carbocycles. The Morgan fingerprint density at radius 3 is 2.15 bits per heavy atom. The van der Waals surface area contributed by atoms with Crippen LogP contribution in [0.4, 0.5) is 13.2 Å². The van der Waals surface area contributed by atoms with E-state index in [-0.39, 0.29) is 12.2 Å². The van der Waals surface area contributed by atoms with Gasteiger partial charge in [0.05, 0.1) is 5.56 Å². The third kappa shape index (κ3) is 5.74. The summed E-state index contributed by atoms with van der Waals surface area (Å²) in [5.41, 5.74) is -0.221. The first-order chi connectivity index (χ1) is 12.1. The molecule has 140 valence electrons. The average molecular weight is 407 g/mol. The maximum atomic E-state index is 12.5. The van der Waals surface area contributed by atoms with Gasteiger partial charge in [0, 0.05) is 6.42 Å². The second-order valence-corrected chi connectivity index (χ2v) is 8.37. The molecule has 9 heteroatoms. The van der Waals surface area contributed by atoms with Crippen molar-refractivity contribution in [3.05, 3.63) is 65.7 Å². The fourth-order valence-corrected chi connectivity index (χ4v) is 3.44. The number of benzene rings is 2. The highest BCUT2D eigenvalue weighted by molar-refractivity contribution is 7.93. The zero-order valence-electron chi connectivity index (χ0n) is 13.2. The van der Waals surface area contributed by atoms with Crippen molar-refractivity contribution < 1.29 is 31.1 Å². The first-order valence-electron chi connectivity index (χ1n) is 7.35. The van der Waals surface area contributed by atoms with Crippen molar-refractivity contribution >= 4 is 27.4 Å². The van der Waals surface area contributed by atoms with Gasteiger partial charge in [0.15, 0.2) is 9.84 Å².